The van der Waals surface area contributed by atoms with Crippen LogP contribution in [0.15, 0.2) is 71.9 Å². The van der Waals surface area contributed by atoms with Crippen molar-refractivity contribution in [3.8, 4) is 11.1 Å². The first-order valence-corrected chi connectivity index (χ1v) is 11.1. The minimum absolute atomic E-state index is 0.128. The van der Waals surface area contributed by atoms with Crippen molar-refractivity contribution in [1.82, 2.24) is 19.0 Å². The van der Waals surface area contributed by atoms with Crippen LogP contribution in [0.3, 0.4) is 0 Å². The number of likely N-dealkylation sites (tertiary alicyclic amines) is 1. The van der Waals surface area contributed by atoms with Crippen molar-refractivity contribution in [3.63, 3.8) is 0 Å². The van der Waals surface area contributed by atoms with Gasteiger partial charge in [-0.25, -0.2) is 0 Å². The number of benzene rings is 1. The van der Waals surface area contributed by atoms with Gasteiger partial charge in [-0.2, -0.15) is 0 Å². The molecule has 0 N–H and O–H groups in total. The third-order valence-electron chi connectivity index (χ3n) is 7.03. The molecule has 1 fully saturated rings. The van der Waals surface area contributed by atoms with Gasteiger partial charge in [-0.3, -0.25) is 14.7 Å². The number of hydrogen-bond donors (Lipinski definition) is 0. The molecule has 2 bridgehead atoms. The lowest BCUT2D eigenvalue weighted by Crippen LogP contribution is -2.46. The van der Waals surface area contributed by atoms with Gasteiger partial charge >= 0.3 is 0 Å². The smallest absolute Gasteiger partial charge is 0.258 e. The van der Waals surface area contributed by atoms with Crippen molar-refractivity contribution in [1.29, 1.82) is 0 Å². The van der Waals surface area contributed by atoms with E-state index in [1.807, 2.05) is 22.8 Å². The topological polar surface area (TPSA) is 43.1 Å². The molecule has 0 aliphatic carbocycles. The van der Waals surface area contributed by atoms with Crippen molar-refractivity contribution in [2.45, 2.75) is 25.4 Å². The van der Waals surface area contributed by atoms with Crippen LogP contribution in [0, 0.1) is 5.92 Å². The van der Waals surface area contributed by atoms with Crippen molar-refractivity contribution >= 4 is 10.9 Å². The van der Waals surface area contributed by atoms with Crippen LogP contribution < -0.4 is 5.56 Å². The fourth-order valence-electron chi connectivity index (χ4n) is 5.71. The highest BCUT2D eigenvalue weighted by molar-refractivity contribution is 5.83. The summed E-state index contributed by atoms with van der Waals surface area (Å²) in [5, 5.41) is 1.35. The van der Waals surface area contributed by atoms with Gasteiger partial charge in [0.15, 0.2) is 0 Å². The molecule has 1 saturated heterocycles. The molecule has 5 nitrogen and oxygen atoms in total. The van der Waals surface area contributed by atoms with E-state index in [9.17, 15) is 4.79 Å². The Morgan fingerprint density at radius 3 is 2.81 bits per heavy atom. The fourth-order valence-corrected chi connectivity index (χ4v) is 5.71. The van der Waals surface area contributed by atoms with Crippen LogP contribution in [0.1, 0.15) is 23.6 Å². The number of aromatic nitrogens is 3. The maximum atomic E-state index is 13.3. The van der Waals surface area contributed by atoms with Crippen LogP contribution in [0.25, 0.3) is 22.0 Å². The van der Waals surface area contributed by atoms with Gasteiger partial charge < -0.3 is 9.13 Å². The first-order valence-electron chi connectivity index (χ1n) is 11.1. The average molecular weight is 411 g/mol. The summed E-state index contributed by atoms with van der Waals surface area (Å²) < 4.78 is 4.26. The Morgan fingerprint density at radius 1 is 1.03 bits per heavy atom. The summed E-state index contributed by atoms with van der Waals surface area (Å²) in [5.74, 6) is 0.932. The molecule has 6 rings (SSSR count). The van der Waals surface area contributed by atoms with Gasteiger partial charge in [0.2, 0.25) is 0 Å². The normalized spacial score (nSPS) is 20.7. The van der Waals surface area contributed by atoms with E-state index in [4.69, 9.17) is 0 Å². The number of aryl methyl sites for hydroxylation is 1. The average Bonchev–Trinajstić information content (AvgIpc) is 3.10. The monoisotopic (exact) mass is 410 g/mol. The summed E-state index contributed by atoms with van der Waals surface area (Å²) >= 11 is 0. The molecular weight excluding hydrogens is 384 g/mol. The highest BCUT2D eigenvalue weighted by Gasteiger charge is 2.35. The zero-order chi connectivity index (χ0) is 20.9. The minimum atomic E-state index is 0.128. The molecule has 1 aromatic carbocycles. The summed E-state index contributed by atoms with van der Waals surface area (Å²) in [6.07, 6.45) is 6.97. The van der Waals surface area contributed by atoms with E-state index < -0.39 is 0 Å². The lowest BCUT2D eigenvalue weighted by molar-refractivity contribution is 0.115. The number of para-hydroxylation sites is 1. The van der Waals surface area contributed by atoms with Gasteiger partial charge in [-0.15, -0.1) is 0 Å². The number of fused-ring (bicyclic) bond motifs is 5. The number of nitrogens with zero attached hydrogens (tertiary/aromatic N) is 4. The Kier molecular flexibility index (Phi) is 4.32. The van der Waals surface area contributed by atoms with Crippen molar-refractivity contribution in [3.05, 3.63) is 88.7 Å². The van der Waals surface area contributed by atoms with E-state index in [-0.39, 0.29) is 5.56 Å². The maximum absolute atomic E-state index is 13.3. The molecule has 0 unspecified atom stereocenters. The Bertz CT molecular complexity index is 1320. The van der Waals surface area contributed by atoms with Gasteiger partial charge in [-0.1, -0.05) is 24.3 Å². The van der Waals surface area contributed by atoms with Crippen LogP contribution in [0.4, 0.5) is 0 Å². The predicted octanol–water partition coefficient (Wildman–Crippen LogP) is 4.02. The second-order valence-electron chi connectivity index (χ2n) is 9.10. The number of rotatable bonds is 3. The first-order chi connectivity index (χ1) is 15.2. The van der Waals surface area contributed by atoms with E-state index in [0.717, 1.165) is 37.3 Å². The number of pyridine rings is 2. The van der Waals surface area contributed by atoms with E-state index in [0.29, 0.717) is 11.8 Å². The van der Waals surface area contributed by atoms with E-state index >= 15 is 0 Å². The third kappa shape index (κ3) is 3.12. The van der Waals surface area contributed by atoms with Gasteiger partial charge in [0, 0.05) is 85.5 Å². The first kappa shape index (κ1) is 18.6. The van der Waals surface area contributed by atoms with Crippen LogP contribution in [-0.2, 0) is 20.1 Å². The Balaban J connectivity index is 1.30. The third-order valence-corrected chi connectivity index (χ3v) is 7.03. The molecule has 2 aliphatic rings. The second kappa shape index (κ2) is 7.20. The molecule has 5 heterocycles. The van der Waals surface area contributed by atoms with E-state index in [1.165, 1.54) is 28.6 Å². The predicted molar refractivity (Wildman–Crippen MR) is 123 cm³/mol. The summed E-state index contributed by atoms with van der Waals surface area (Å²) in [6.45, 7) is 3.82. The fraction of sp³-hybridized carbons (Fsp3) is 0.308. The second-order valence-corrected chi connectivity index (χ2v) is 9.10. The lowest BCUT2D eigenvalue weighted by atomic mass is 9.82. The zero-order valence-electron chi connectivity index (χ0n) is 17.7. The van der Waals surface area contributed by atoms with Crippen molar-refractivity contribution < 1.29 is 0 Å². The molecule has 4 aromatic rings. The highest BCUT2D eigenvalue weighted by atomic mass is 16.1. The van der Waals surface area contributed by atoms with Crippen molar-refractivity contribution in [2.24, 2.45) is 13.0 Å². The molecule has 0 saturated carbocycles. The molecule has 156 valence electrons. The minimum Gasteiger partial charge on any atom is -0.350 e. The molecule has 31 heavy (non-hydrogen) atoms. The largest absolute Gasteiger partial charge is 0.350 e. The molecule has 2 atom stereocenters. The zero-order valence-corrected chi connectivity index (χ0v) is 17.7. The molecule has 3 aromatic heterocycles. The molecule has 0 spiro atoms. The molecule has 0 radical (unpaired) electrons. The molecule has 2 aliphatic heterocycles. The maximum Gasteiger partial charge on any atom is 0.258 e. The van der Waals surface area contributed by atoms with Gasteiger partial charge in [0.25, 0.3) is 5.56 Å². The van der Waals surface area contributed by atoms with Crippen LogP contribution in [-0.4, -0.2) is 32.1 Å². The van der Waals surface area contributed by atoms with Crippen LogP contribution in [0.2, 0.25) is 0 Å². The molecular formula is C26H26N4O. The number of hydrogen-bond acceptors (Lipinski definition) is 3. The Labute approximate surface area is 181 Å². The summed E-state index contributed by atoms with van der Waals surface area (Å²) in [7, 11) is 2.12. The van der Waals surface area contributed by atoms with Gasteiger partial charge in [0.1, 0.15) is 0 Å². The molecule has 0 amide bonds. The number of piperidine rings is 1. The standard InChI is InChI=1S/C26H26N4O/c1-28-15-21(22-6-2-3-7-25(22)28)17-29-13-18-11-20(16-29)24-9-8-23(26(31)30(24)14-18)19-5-4-10-27-12-19/h2-10,12,15,18,20H,11,13-14,16-17H2,1H3/t18-,20+/m0/s1. The van der Waals surface area contributed by atoms with E-state index in [1.54, 1.807) is 12.4 Å². The summed E-state index contributed by atoms with van der Waals surface area (Å²) in [5.41, 5.74) is 5.65. The molecule has 5 heteroatoms. The summed E-state index contributed by atoms with van der Waals surface area (Å²) in [6, 6.07) is 16.7. The quantitative estimate of drug-likeness (QED) is 0.512. The van der Waals surface area contributed by atoms with Gasteiger partial charge in [0.05, 0.1) is 0 Å². The Hall–Kier alpha value is -3.18. The summed E-state index contributed by atoms with van der Waals surface area (Å²) in [4.78, 5) is 20.1. The SMILES string of the molecule is Cn1cc(CN2C[C@@H]3C[C@H](C2)c2ccc(-c4cccnc4)c(=O)n2C3)c2ccccc21. The van der Waals surface area contributed by atoms with E-state index in [2.05, 4.69) is 58.0 Å². The van der Waals surface area contributed by atoms with Crippen molar-refractivity contribution in [2.75, 3.05) is 13.1 Å². The lowest BCUT2D eigenvalue weighted by Gasteiger charge is -2.43. The van der Waals surface area contributed by atoms with Crippen LogP contribution >= 0.6 is 0 Å². The Morgan fingerprint density at radius 2 is 1.94 bits per heavy atom. The van der Waals surface area contributed by atoms with Gasteiger partial charge in [-0.05, 0) is 42.2 Å². The van der Waals surface area contributed by atoms with Crippen LogP contribution in [0.5, 0.6) is 0 Å². The highest BCUT2D eigenvalue weighted by Crippen LogP contribution is 2.36.